The summed E-state index contributed by atoms with van der Waals surface area (Å²) in [6.07, 6.45) is 6.73. The molecule has 0 spiro atoms. The van der Waals surface area contributed by atoms with Crippen molar-refractivity contribution in [3.05, 3.63) is 80.1 Å². The zero-order valence-corrected chi connectivity index (χ0v) is 30.9. The van der Waals surface area contributed by atoms with Gasteiger partial charge in [0, 0.05) is 43.4 Å². The van der Waals surface area contributed by atoms with E-state index in [-0.39, 0.29) is 10.9 Å². The quantitative estimate of drug-likeness (QED) is 0.100. The molecule has 0 aliphatic rings. The summed E-state index contributed by atoms with van der Waals surface area (Å²) in [7, 11) is -3.83. The van der Waals surface area contributed by atoms with Crippen molar-refractivity contribution in [3.63, 3.8) is 0 Å². The van der Waals surface area contributed by atoms with E-state index in [1.807, 2.05) is 48.5 Å². The summed E-state index contributed by atoms with van der Waals surface area (Å²) < 4.78 is 0. The van der Waals surface area contributed by atoms with Crippen LogP contribution in [0.25, 0.3) is 43.1 Å². The van der Waals surface area contributed by atoms with Gasteiger partial charge in [0.05, 0.1) is 0 Å². The summed E-state index contributed by atoms with van der Waals surface area (Å²) in [6, 6.07) is 22.8. The zero-order chi connectivity index (χ0) is 32.9. The van der Waals surface area contributed by atoms with Crippen LogP contribution in [-0.4, -0.2) is 16.1 Å². The van der Waals surface area contributed by atoms with Crippen LogP contribution in [0.1, 0.15) is 91.2 Å². The van der Waals surface area contributed by atoms with Crippen LogP contribution in [0.4, 0.5) is 0 Å². The molecule has 0 saturated carbocycles. The Labute approximate surface area is 277 Å². The van der Waals surface area contributed by atoms with Gasteiger partial charge in [0.1, 0.15) is 16.1 Å². The molecule has 0 aliphatic carbocycles. The van der Waals surface area contributed by atoms with Crippen LogP contribution in [0.3, 0.4) is 0 Å². The van der Waals surface area contributed by atoms with Gasteiger partial charge in [-0.2, -0.15) is 0 Å². The SMILES string of the molecule is CCC[Si](C#Cc1c2c(=O)c3ccccc3c2c(C#C[Si](CCC)(CCC)CCC)c2c(=O)c3ccccc3c12)(CCC)CCC. The van der Waals surface area contributed by atoms with Crippen molar-refractivity contribution in [2.45, 2.75) is 116 Å². The molecule has 0 saturated heterocycles. The monoisotopic (exact) mass is 642 g/mol. The molecule has 0 N–H and O–H groups in total. The van der Waals surface area contributed by atoms with E-state index >= 15 is 0 Å². The average Bonchev–Trinajstić information content (AvgIpc) is 3.51. The van der Waals surface area contributed by atoms with Gasteiger partial charge in [0.15, 0.2) is 10.9 Å². The van der Waals surface area contributed by atoms with E-state index in [0.29, 0.717) is 21.5 Å². The Hall–Kier alpha value is -3.45. The molecule has 0 amide bonds. The van der Waals surface area contributed by atoms with Crippen molar-refractivity contribution >= 4 is 59.2 Å². The molecule has 238 valence electrons. The Balaban J connectivity index is 2.03. The summed E-state index contributed by atoms with van der Waals surface area (Å²) in [4.78, 5) is 29.0. The largest absolute Gasteiger partial charge is 0.289 e. The lowest BCUT2D eigenvalue weighted by Crippen LogP contribution is -2.32. The Morgan fingerprint density at radius 1 is 0.435 bits per heavy atom. The molecule has 5 rings (SSSR count). The van der Waals surface area contributed by atoms with E-state index in [0.717, 1.165) is 107 Å². The standard InChI is InChI=1S/C42H50O2Si2/c1-7-23-45(24-8-2,25-9-3)29-21-35-37-31-17-13-15-19-33(31)42(44)40(37)36(22-30-46(26-10-4,27-11-5)28-12-6)38-32-18-14-16-20-34(32)41(43)39(35)38/h13-20H,7-12,23-28H2,1-6H3. The molecule has 0 fully saturated rings. The molecule has 0 aliphatic heterocycles. The van der Waals surface area contributed by atoms with Crippen LogP contribution >= 0.6 is 0 Å². The van der Waals surface area contributed by atoms with E-state index in [4.69, 9.17) is 0 Å². The molecule has 0 aromatic heterocycles. The van der Waals surface area contributed by atoms with E-state index in [2.05, 4.69) is 64.5 Å². The summed E-state index contributed by atoms with van der Waals surface area (Å²) in [5.41, 5.74) is 9.41. The Bertz CT molecular complexity index is 1900. The molecule has 4 heteroatoms. The highest BCUT2D eigenvalue weighted by Crippen LogP contribution is 2.39. The second kappa shape index (κ2) is 14.5. The number of hydrogen-bond donors (Lipinski definition) is 0. The van der Waals surface area contributed by atoms with Crippen LogP contribution in [0.15, 0.2) is 58.1 Å². The van der Waals surface area contributed by atoms with Gasteiger partial charge in [0.25, 0.3) is 0 Å². The van der Waals surface area contributed by atoms with Crippen molar-refractivity contribution in [3.8, 4) is 22.9 Å². The first kappa shape index (κ1) is 33.9. The van der Waals surface area contributed by atoms with Gasteiger partial charge in [-0.3, -0.25) is 9.59 Å². The summed E-state index contributed by atoms with van der Waals surface area (Å²) in [5.74, 6) is 7.45. The van der Waals surface area contributed by atoms with E-state index in [9.17, 15) is 9.59 Å². The molecular formula is C42H50O2Si2. The van der Waals surface area contributed by atoms with Gasteiger partial charge in [0.2, 0.25) is 0 Å². The highest BCUT2D eigenvalue weighted by molar-refractivity contribution is 6.87. The smallest absolute Gasteiger partial charge is 0.195 e. The fourth-order valence-electron chi connectivity index (χ4n) is 8.45. The lowest BCUT2D eigenvalue weighted by Gasteiger charge is -2.25. The van der Waals surface area contributed by atoms with Gasteiger partial charge in [-0.15, -0.1) is 11.1 Å². The molecule has 5 aromatic carbocycles. The van der Waals surface area contributed by atoms with Crippen LogP contribution in [0.2, 0.25) is 36.3 Å². The van der Waals surface area contributed by atoms with Crippen LogP contribution < -0.4 is 10.9 Å². The van der Waals surface area contributed by atoms with E-state index in [1.54, 1.807) is 0 Å². The first-order valence-corrected chi connectivity index (χ1v) is 23.2. The summed E-state index contributed by atoms with van der Waals surface area (Å²) in [6.45, 7) is 13.6. The van der Waals surface area contributed by atoms with Crippen molar-refractivity contribution in [1.29, 1.82) is 0 Å². The molecule has 5 aromatic rings. The van der Waals surface area contributed by atoms with Gasteiger partial charge in [-0.1, -0.05) is 140 Å². The number of benzene rings is 3. The Morgan fingerprint density at radius 3 is 1.00 bits per heavy atom. The van der Waals surface area contributed by atoms with Crippen molar-refractivity contribution in [2.24, 2.45) is 0 Å². The lowest BCUT2D eigenvalue weighted by atomic mass is 9.95. The molecular weight excluding hydrogens is 593 g/mol. The Kier molecular flexibility index (Phi) is 10.7. The minimum absolute atomic E-state index is 0.0190. The molecule has 0 unspecified atom stereocenters. The third kappa shape index (κ3) is 6.03. The maximum atomic E-state index is 14.5. The number of hydrogen-bond acceptors (Lipinski definition) is 2. The predicted molar refractivity (Wildman–Crippen MR) is 207 cm³/mol. The number of rotatable bonds is 12. The Morgan fingerprint density at radius 2 is 0.717 bits per heavy atom. The first-order chi connectivity index (χ1) is 22.3. The van der Waals surface area contributed by atoms with Gasteiger partial charge >= 0.3 is 0 Å². The van der Waals surface area contributed by atoms with Gasteiger partial charge < -0.3 is 0 Å². The average molecular weight is 643 g/mol. The van der Waals surface area contributed by atoms with Gasteiger partial charge in [-0.05, 0) is 47.0 Å². The highest BCUT2D eigenvalue weighted by Gasteiger charge is 2.31. The lowest BCUT2D eigenvalue weighted by molar-refractivity contribution is 0.940. The van der Waals surface area contributed by atoms with E-state index < -0.39 is 16.1 Å². The number of fused-ring (bicyclic) bond motifs is 6. The highest BCUT2D eigenvalue weighted by atomic mass is 28.3. The van der Waals surface area contributed by atoms with Crippen molar-refractivity contribution in [2.75, 3.05) is 0 Å². The maximum Gasteiger partial charge on any atom is 0.195 e. The van der Waals surface area contributed by atoms with Crippen molar-refractivity contribution in [1.82, 2.24) is 0 Å². The van der Waals surface area contributed by atoms with Crippen LogP contribution in [0, 0.1) is 22.9 Å². The second-order valence-corrected chi connectivity index (χ2v) is 22.2. The predicted octanol–water partition coefficient (Wildman–Crippen LogP) is 11.0. The second-order valence-electron chi connectivity index (χ2n) is 13.6. The third-order valence-corrected chi connectivity index (χ3v) is 20.2. The van der Waals surface area contributed by atoms with E-state index in [1.165, 1.54) is 0 Å². The summed E-state index contributed by atoms with van der Waals surface area (Å²) in [5, 5.41) is 6.23. The molecule has 2 nitrogen and oxygen atoms in total. The minimum atomic E-state index is -1.92. The molecule has 0 heterocycles. The maximum absolute atomic E-state index is 14.5. The third-order valence-electron chi connectivity index (χ3n) is 10.1. The zero-order valence-electron chi connectivity index (χ0n) is 28.9. The van der Waals surface area contributed by atoms with Gasteiger partial charge in [-0.25, -0.2) is 0 Å². The molecule has 0 atom stereocenters. The minimum Gasteiger partial charge on any atom is -0.289 e. The normalized spacial score (nSPS) is 12.1. The molecule has 0 radical (unpaired) electrons. The first-order valence-electron chi connectivity index (χ1n) is 17.9. The topological polar surface area (TPSA) is 34.1 Å². The fraction of sp³-hybridized carbons (Fsp3) is 0.429. The van der Waals surface area contributed by atoms with Crippen molar-refractivity contribution < 1.29 is 0 Å². The summed E-state index contributed by atoms with van der Waals surface area (Å²) >= 11 is 0. The fourth-order valence-corrected chi connectivity index (χ4v) is 17.2. The molecule has 0 bridgehead atoms. The molecule has 46 heavy (non-hydrogen) atoms. The van der Waals surface area contributed by atoms with Crippen LogP contribution in [-0.2, 0) is 0 Å². The van der Waals surface area contributed by atoms with Crippen LogP contribution in [0.5, 0.6) is 0 Å².